The summed E-state index contributed by atoms with van der Waals surface area (Å²) in [7, 11) is 0. The molecular formula is C14H23NO2. The van der Waals surface area contributed by atoms with Gasteiger partial charge in [0, 0.05) is 5.92 Å². The molecule has 2 atom stereocenters. The first-order valence-corrected chi connectivity index (χ1v) is 6.30. The van der Waals surface area contributed by atoms with E-state index in [1.54, 1.807) is 0 Å². The maximum absolute atomic E-state index is 12.2. The number of carbonyl (C=O) groups is 1. The number of allylic oxidation sites excluding steroid dienone is 1. The molecule has 0 aromatic rings. The van der Waals surface area contributed by atoms with Crippen LogP contribution in [0, 0.1) is 11.8 Å². The highest BCUT2D eigenvalue weighted by Crippen LogP contribution is 2.24. The molecule has 1 unspecified atom stereocenters. The number of ether oxygens (including phenoxy) is 1. The van der Waals surface area contributed by atoms with Gasteiger partial charge in [-0.2, -0.15) is 0 Å². The smallest absolute Gasteiger partial charge is 0.254 e. The number of Topliss-reactive ketones (excluding diaryl/α,β-unsaturated/α-hetero) is 1. The van der Waals surface area contributed by atoms with E-state index in [0.29, 0.717) is 12.5 Å². The van der Waals surface area contributed by atoms with Crippen molar-refractivity contribution in [1.82, 2.24) is 0 Å². The lowest BCUT2D eigenvalue weighted by molar-refractivity contribution is -0.118. The van der Waals surface area contributed by atoms with Crippen molar-refractivity contribution in [2.75, 3.05) is 6.61 Å². The van der Waals surface area contributed by atoms with Crippen LogP contribution in [0.5, 0.6) is 0 Å². The molecule has 0 aromatic carbocycles. The van der Waals surface area contributed by atoms with Gasteiger partial charge in [0.05, 0.1) is 5.54 Å². The lowest BCUT2D eigenvalue weighted by Gasteiger charge is -2.18. The third-order valence-electron chi connectivity index (χ3n) is 3.16. The first-order chi connectivity index (χ1) is 7.91. The van der Waals surface area contributed by atoms with Crippen LogP contribution in [0.1, 0.15) is 40.5 Å². The summed E-state index contributed by atoms with van der Waals surface area (Å²) in [6.07, 6.45) is 3.90. The fraction of sp³-hybridized carbons (Fsp3) is 0.714. The molecule has 1 heterocycles. The van der Waals surface area contributed by atoms with Crippen LogP contribution < -0.4 is 0 Å². The second kappa shape index (κ2) is 5.48. The fourth-order valence-electron chi connectivity index (χ4n) is 2.01. The number of hydrogen-bond acceptors (Lipinski definition) is 3. The molecule has 3 heteroatoms. The SMILES string of the molecule is C=CC(CCC)[C@H](C)C(=O)C1=NC(C)(C)CO1. The summed E-state index contributed by atoms with van der Waals surface area (Å²) in [5, 5.41) is 0. The van der Waals surface area contributed by atoms with Crippen molar-refractivity contribution in [2.45, 2.75) is 46.1 Å². The molecule has 1 rings (SSSR count). The molecule has 0 bridgehead atoms. The van der Waals surface area contributed by atoms with Gasteiger partial charge in [-0.15, -0.1) is 6.58 Å². The Balaban J connectivity index is 2.73. The molecule has 0 saturated heterocycles. The Morgan fingerprint density at radius 1 is 1.65 bits per heavy atom. The first kappa shape index (κ1) is 13.9. The van der Waals surface area contributed by atoms with Crippen LogP contribution in [-0.2, 0) is 9.53 Å². The molecule has 0 aromatic heterocycles. The summed E-state index contributed by atoms with van der Waals surface area (Å²) >= 11 is 0. The Labute approximate surface area is 104 Å². The van der Waals surface area contributed by atoms with Gasteiger partial charge in [-0.05, 0) is 26.2 Å². The lowest BCUT2D eigenvalue weighted by Crippen LogP contribution is -2.27. The van der Waals surface area contributed by atoms with Crippen molar-refractivity contribution in [2.24, 2.45) is 16.8 Å². The third kappa shape index (κ3) is 3.42. The van der Waals surface area contributed by atoms with E-state index in [1.807, 2.05) is 26.8 Å². The minimum absolute atomic E-state index is 0.00826. The van der Waals surface area contributed by atoms with Crippen LogP contribution in [0.4, 0.5) is 0 Å². The van der Waals surface area contributed by atoms with Gasteiger partial charge in [0.15, 0.2) is 0 Å². The number of hydrogen-bond donors (Lipinski definition) is 0. The third-order valence-corrected chi connectivity index (χ3v) is 3.16. The van der Waals surface area contributed by atoms with Crippen LogP contribution in [0.15, 0.2) is 17.6 Å². The molecular weight excluding hydrogens is 214 g/mol. The summed E-state index contributed by atoms with van der Waals surface area (Å²) in [6, 6.07) is 0. The lowest BCUT2D eigenvalue weighted by atomic mass is 9.87. The standard InChI is InChI=1S/C14H23NO2/c1-6-8-11(7-2)10(3)12(16)13-15-14(4,5)9-17-13/h7,10-11H,2,6,8-9H2,1,3-5H3/t10-,11?/m0/s1. The predicted molar refractivity (Wildman–Crippen MR) is 70.2 cm³/mol. The average Bonchev–Trinajstić information content (AvgIpc) is 2.64. The summed E-state index contributed by atoms with van der Waals surface area (Å²) < 4.78 is 5.39. The molecule has 17 heavy (non-hydrogen) atoms. The molecule has 0 spiro atoms. The summed E-state index contributed by atoms with van der Waals surface area (Å²) in [6.45, 7) is 12.3. The van der Waals surface area contributed by atoms with Gasteiger partial charge in [0.2, 0.25) is 5.78 Å². The van der Waals surface area contributed by atoms with Gasteiger partial charge in [0.1, 0.15) is 6.61 Å². The monoisotopic (exact) mass is 237 g/mol. The quantitative estimate of drug-likeness (QED) is 0.666. The highest BCUT2D eigenvalue weighted by atomic mass is 16.5. The molecule has 1 aliphatic rings. The average molecular weight is 237 g/mol. The number of carbonyl (C=O) groups excluding carboxylic acids is 1. The Morgan fingerprint density at radius 3 is 2.71 bits per heavy atom. The first-order valence-electron chi connectivity index (χ1n) is 6.30. The van der Waals surface area contributed by atoms with Crippen LogP contribution >= 0.6 is 0 Å². The van der Waals surface area contributed by atoms with Crippen molar-refractivity contribution in [1.29, 1.82) is 0 Å². The molecule has 0 N–H and O–H groups in total. The van der Waals surface area contributed by atoms with Gasteiger partial charge in [-0.25, -0.2) is 4.99 Å². The van der Waals surface area contributed by atoms with E-state index in [0.717, 1.165) is 12.8 Å². The van der Waals surface area contributed by atoms with Crippen molar-refractivity contribution < 1.29 is 9.53 Å². The molecule has 0 amide bonds. The van der Waals surface area contributed by atoms with E-state index >= 15 is 0 Å². The second-order valence-corrected chi connectivity index (χ2v) is 5.36. The topological polar surface area (TPSA) is 38.7 Å². The second-order valence-electron chi connectivity index (χ2n) is 5.36. The fourth-order valence-corrected chi connectivity index (χ4v) is 2.01. The predicted octanol–water partition coefficient (Wildman–Crippen LogP) is 3.00. The van der Waals surface area contributed by atoms with Crippen molar-refractivity contribution >= 4 is 11.7 Å². The number of nitrogens with zero attached hydrogens (tertiary/aromatic N) is 1. The Morgan fingerprint density at radius 2 is 2.29 bits per heavy atom. The minimum atomic E-state index is -0.265. The number of ketones is 1. The normalized spacial score (nSPS) is 21.3. The van der Waals surface area contributed by atoms with E-state index in [-0.39, 0.29) is 23.2 Å². The van der Waals surface area contributed by atoms with Gasteiger partial charge in [-0.3, -0.25) is 4.79 Å². The Kier molecular flexibility index (Phi) is 4.49. The van der Waals surface area contributed by atoms with Crippen LogP contribution in [0.2, 0.25) is 0 Å². The number of rotatable bonds is 6. The van der Waals surface area contributed by atoms with E-state index in [4.69, 9.17) is 4.74 Å². The highest BCUT2D eigenvalue weighted by molar-refractivity contribution is 6.37. The molecule has 0 radical (unpaired) electrons. The Bertz CT molecular complexity index is 331. The van der Waals surface area contributed by atoms with Crippen LogP contribution in [0.3, 0.4) is 0 Å². The summed E-state index contributed by atoms with van der Waals surface area (Å²) in [4.78, 5) is 16.5. The largest absolute Gasteiger partial charge is 0.473 e. The molecule has 1 aliphatic heterocycles. The zero-order chi connectivity index (χ0) is 13.1. The maximum atomic E-state index is 12.2. The van der Waals surface area contributed by atoms with Crippen LogP contribution in [-0.4, -0.2) is 23.8 Å². The van der Waals surface area contributed by atoms with Gasteiger partial charge < -0.3 is 4.74 Å². The van der Waals surface area contributed by atoms with Gasteiger partial charge in [-0.1, -0.05) is 26.3 Å². The maximum Gasteiger partial charge on any atom is 0.254 e. The molecule has 0 fully saturated rings. The highest BCUT2D eigenvalue weighted by Gasteiger charge is 2.33. The number of aliphatic imine (C=N–C) groups is 1. The molecule has 0 saturated carbocycles. The van der Waals surface area contributed by atoms with Crippen molar-refractivity contribution in [3.63, 3.8) is 0 Å². The van der Waals surface area contributed by atoms with E-state index < -0.39 is 0 Å². The van der Waals surface area contributed by atoms with E-state index in [9.17, 15) is 4.79 Å². The van der Waals surface area contributed by atoms with Crippen molar-refractivity contribution in [3.8, 4) is 0 Å². The molecule has 3 nitrogen and oxygen atoms in total. The molecule has 96 valence electrons. The summed E-state index contributed by atoms with van der Waals surface area (Å²) in [5.41, 5.74) is -0.265. The van der Waals surface area contributed by atoms with E-state index in [2.05, 4.69) is 18.5 Å². The van der Waals surface area contributed by atoms with E-state index in [1.165, 1.54) is 0 Å². The van der Waals surface area contributed by atoms with Gasteiger partial charge in [0.25, 0.3) is 5.90 Å². The zero-order valence-electron chi connectivity index (χ0n) is 11.3. The zero-order valence-corrected chi connectivity index (χ0v) is 11.3. The summed E-state index contributed by atoms with van der Waals surface area (Å²) in [5.74, 6) is 0.419. The molecule has 0 aliphatic carbocycles. The van der Waals surface area contributed by atoms with Gasteiger partial charge >= 0.3 is 0 Å². The minimum Gasteiger partial charge on any atom is -0.473 e. The van der Waals surface area contributed by atoms with Crippen LogP contribution in [0.25, 0.3) is 0 Å². The van der Waals surface area contributed by atoms with Crippen molar-refractivity contribution in [3.05, 3.63) is 12.7 Å². The Hall–Kier alpha value is -1.12.